The summed E-state index contributed by atoms with van der Waals surface area (Å²) in [6, 6.07) is 27.1. The normalized spacial score (nSPS) is 15.3. The third-order valence-electron chi connectivity index (χ3n) is 7.66. The predicted molar refractivity (Wildman–Crippen MR) is 171 cm³/mol. The molecule has 0 spiro atoms. The number of carbonyl (C=O) groups is 2. The first-order chi connectivity index (χ1) is 21.3. The van der Waals surface area contributed by atoms with Gasteiger partial charge in [-0.05, 0) is 43.0 Å². The average Bonchev–Trinajstić information content (AvgIpc) is 3.03. The molecule has 0 unspecified atom stereocenters. The first-order valence-electron chi connectivity index (χ1n) is 15.0. The highest BCUT2D eigenvalue weighted by molar-refractivity contribution is 7.89. The van der Waals surface area contributed by atoms with Gasteiger partial charge in [0, 0.05) is 38.6 Å². The van der Waals surface area contributed by atoms with Crippen LogP contribution in [0.3, 0.4) is 0 Å². The van der Waals surface area contributed by atoms with Crippen LogP contribution in [0.5, 0.6) is 0 Å². The minimum Gasteiger partial charge on any atom is -0.352 e. The van der Waals surface area contributed by atoms with Crippen molar-refractivity contribution in [1.82, 2.24) is 25.3 Å². The molecular formula is C33H43N5O5S. The lowest BCUT2D eigenvalue weighted by molar-refractivity contribution is -0.123. The van der Waals surface area contributed by atoms with Gasteiger partial charge in [0.2, 0.25) is 15.9 Å². The highest BCUT2D eigenvalue weighted by atomic mass is 32.2. The van der Waals surface area contributed by atoms with Crippen molar-refractivity contribution < 1.29 is 22.8 Å². The largest absolute Gasteiger partial charge is 0.352 e. The molecule has 10 nitrogen and oxygen atoms in total. The Labute approximate surface area is 260 Å². The SMILES string of the molecule is CN1CCN(C(=O)N[C@H](Cc2ccccc2)C(=O)N[C@H](CCc2ccccc2)CCS(=O)(=O)NOCc2ccccc2)CC1. The van der Waals surface area contributed by atoms with Gasteiger partial charge in [0.15, 0.2) is 0 Å². The van der Waals surface area contributed by atoms with E-state index in [9.17, 15) is 18.0 Å². The Morgan fingerprint density at radius 3 is 1.95 bits per heavy atom. The predicted octanol–water partition coefficient (Wildman–Crippen LogP) is 3.11. The van der Waals surface area contributed by atoms with Crippen LogP contribution in [-0.2, 0) is 39.1 Å². The molecule has 44 heavy (non-hydrogen) atoms. The first-order valence-corrected chi connectivity index (χ1v) is 16.7. The van der Waals surface area contributed by atoms with Crippen LogP contribution in [0.15, 0.2) is 91.0 Å². The van der Waals surface area contributed by atoms with Crippen LogP contribution in [-0.4, -0.2) is 81.2 Å². The molecule has 236 valence electrons. The summed E-state index contributed by atoms with van der Waals surface area (Å²) in [6.45, 7) is 2.80. The van der Waals surface area contributed by atoms with Crippen LogP contribution in [0.25, 0.3) is 0 Å². The Kier molecular flexibility index (Phi) is 12.7. The van der Waals surface area contributed by atoms with Gasteiger partial charge < -0.3 is 20.4 Å². The fraction of sp³-hybridized carbons (Fsp3) is 0.394. The van der Waals surface area contributed by atoms with Crippen LogP contribution < -0.4 is 15.5 Å². The number of aryl methyl sites for hydroxylation is 1. The number of rotatable bonds is 15. The monoisotopic (exact) mass is 621 g/mol. The summed E-state index contributed by atoms with van der Waals surface area (Å²) in [5.74, 6) is -0.585. The molecule has 1 aliphatic heterocycles. The molecule has 1 fully saturated rings. The molecule has 1 heterocycles. The summed E-state index contributed by atoms with van der Waals surface area (Å²) >= 11 is 0. The Bertz CT molecular complexity index is 1400. The molecule has 1 aliphatic rings. The second kappa shape index (κ2) is 16.9. The van der Waals surface area contributed by atoms with Gasteiger partial charge in [-0.3, -0.25) is 9.63 Å². The van der Waals surface area contributed by atoms with Crippen LogP contribution in [0, 0.1) is 0 Å². The van der Waals surface area contributed by atoms with Crippen molar-refractivity contribution in [3.8, 4) is 0 Å². The maximum atomic E-state index is 13.8. The second-order valence-electron chi connectivity index (χ2n) is 11.2. The fourth-order valence-electron chi connectivity index (χ4n) is 5.00. The van der Waals surface area contributed by atoms with Gasteiger partial charge >= 0.3 is 6.03 Å². The van der Waals surface area contributed by atoms with E-state index in [0.717, 1.165) is 29.8 Å². The van der Waals surface area contributed by atoms with Crippen molar-refractivity contribution in [2.45, 2.75) is 44.4 Å². The summed E-state index contributed by atoms with van der Waals surface area (Å²) < 4.78 is 25.6. The number of nitrogens with one attached hydrogen (secondary N) is 3. The molecule has 0 radical (unpaired) electrons. The molecular weight excluding hydrogens is 578 g/mol. The molecule has 4 rings (SSSR count). The zero-order valence-corrected chi connectivity index (χ0v) is 26.0. The average molecular weight is 622 g/mol. The van der Waals surface area contributed by atoms with Crippen LogP contribution in [0.1, 0.15) is 29.5 Å². The van der Waals surface area contributed by atoms with Crippen LogP contribution in [0.4, 0.5) is 4.79 Å². The Morgan fingerprint density at radius 1 is 0.773 bits per heavy atom. The molecule has 0 aliphatic carbocycles. The minimum absolute atomic E-state index is 0.0996. The standard InChI is InChI=1S/C33H43N5O5S/c1-37-20-22-38(23-21-37)33(40)35-31(25-28-13-7-3-8-14-28)32(39)34-30(18-17-27-11-5-2-6-12-27)19-24-44(41,42)36-43-26-29-15-9-4-10-16-29/h2-16,30-31,36H,17-26H2,1H3,(H,34,39)(H,35,40)/t30-,31-/m1/s1. The van der Waals surface area contributed by atoms with E-state index in [4.69, 9.17) is 4.84 Å². The van der Waals surface area contributed by atoms with Crippen molar-refractivity contribution in [1.29, 1.82) is 0 Å². The number of likely N-dealkylation sites (N-methyl/N-ethyl adjacent to an activating group) is 1. The molecule has 3 N–H and O–H groups in total. The van der Waals surface area contributed by atoms with Gasteiger partial charge in [0.25, 0.3) is 0 Å². The first kappa shape index (κ1) is 33.1. The zero-order chi connectivity index (χ0) is 31.2. The van der Waals surface area contributed by atoms with Crippen LogP contribution >= 0.6 is 0 Å². The summed E-state index contributed by atoms with van der Waals surface area (Å²) in [7, 11) is -1.76. The number of piperazine rings is 1. The number of sulfonamides is 1. The van der Waals surface area contributed by atoms with E-state index in [1.807, 2.05) is 98.0 Å². The lowest BCUT2D eigenvalue weighted by atomic mass is 10.0. The third kappa shape index (κ3) is 11.4. The van der Waals surface area contributed by atoms with E-state index in [1.54, 1.807) is 4.90 Å². The summed E-state index contributed by atoms with van der Waals surface area (Å²) in [4.78, 5) is 38.3. The number of carbonyl (C=O) groups excluding carboxylic acids is 2. The Balaban J connectivity index is 1.41. The molecule has 2 atom stereocenters. The molecule has 11 heteroatoms. The molecule has 3 aromatic rings. The zero-order valence-electron chi connectivity index (χ0n) is 25.2. The highest BCUT2D eigenvalue weighted by Crippen LogP contribution is 2.12. The number of urea groups is 1. The minimum atomic E-state index is -3.78. The molecule has 0 bridgehead atoms. The summed E-state index contributed by atoms with van der Waals surface area (Å²) in [5.41, 5.74) is 2.84. The van der Waals surface area contributed by atoms with Crippen molar-refractivity contribution >= 4 is 22.0 Å². The summed E-state index contributed by atoms with van der Waals surface area (Å²) in [6.07, 6.45) is 1.67. The van der Waals surface area contributed by atoms with Crippen molar-refractivity contribution in [3.05, 3.63) is 108 Å². The van der Waals surface area contributed by atoms with Gasteiger partial charge in [-0.25, -0.2) is 13.2 Å². The van der Waals surface area contributed by atoms with Crippen molar-refractivity contribution in [2.75, 3.05) is 39.0 Å². The summed E-state index contributed by atoms with van der Waals surface area (Å²) in [5, 5.41) is 6.01. The second-order valence-corrected chi connectivity index (χ2v) is 13.0. The van der Waals surface area contributed by atoms with Gasteiger partial charge in [0.1, 0.15) is 6.04 Å². The van der Waals surface area contributed by atoms with E-state index in [-0.39, 0.29) is 30.7 Å². The topological polar surface area (TPSA) is 120 Å². The molecule has 0 aromatic heterocycles. The van der Waals surface area contributed by atoms with Crippen LogP contribution in [0.2, 0.25) is 0 Å². The molecule has 1 saturated heterocycles. The van der Waals surface area contributed by atoms with Gasteiger partial charge in [-0.15, -0.1) is 0 Å². The number of benzene rings is 3. The van der Waals surface area contributed by atoms with Crippen molar-refractivity contribution in [3.63, 3.8) is 0 Å². The molecule has 3 aromatic carbocycles. The number of amides is 3. The maximum Gasteiger partial charge on any atom is 0.318 e. The van der Waals surface area contributed by atoms with E-state index in [2.05, 4.69) is 20.4 Å². The smallest absolute Gasteiger partial charge is 0.318 e. The quantitative estimate of drug-likeness (QED) is 0.225. The van der Waals surface area contributed by atoms with E-state index < -0.39 is 22.1 Å². The van der Waals surface area contributed by atoms with E-state index in [0.29, 0.717) is 32.4 Å². The maximum absolute atomic E-state index is 13.8. The van der Waals surface area contributed by atoms with Gasteiger partial charge in [0.05, 0.1) is 12.4 Å². The highest BCUT2D eigenvalue weighted by Gasteiger charge is 2.28. The van der Waals surface area contributed by atoms with E-state index >= 15 is 0 Å². The molecule has 3 amide bonds. The van der Waals surface area contributed by atoms with Gasteiger partial charge in [-0.1, -0.05) is 95.9 Å². The number of nitrogens with zero attached hydrogens (tertiary/aromatic N) is 2. The Hall–Kier alpha value is -3.77. The molecule has 0 saturated carbocycles. The Morgan fingerprint density at radius 2 is 1.34 bits per heavy atom. The third-order valence-corrected chi connectivity index (χ3v) is 8.81. The number of hydrogen-bond donors (Lipinski definition) is 3. The lowest BCUT2D eigenvalue weighted by Crippen LogP contribution is -2.57. The van der Waals surface area contributed by atoms with Crippen molar-refractivity contribution in [2.24, 2.45) is 0 Å². The van der Waals surface area contributed by atoms with E-state index in [1.165, 1.54) is 0 Å². The number of hydrogen-bond acceptors (Lipinski definition) is 6. The van der Waals surface area contributed by atoms with Gasteiger partial charge in [-0.2, -0.15) is 0 Å². The fourth-order valence-corrected chi connectivity index (χ4v) is 5.92. The lowest BCUT2D eigenvalue weighted by Gasteiger charge is -2.33.